The third-order valence-corrected chi connectivity index (χ3v) is 11.2. The number of fused-ring (bicyclic) bond motifs is 4. The zero-order chi connectivity index (χ0) is 40.4. The molecule has 0 atom stereocenters. The molecule has 0 spiro atoms. The predicted molar refractivity (Wildman–Crippen MR) is 230 cm³/mol. The molecule has 284 valence electrons. The fourth-order valence-electron chi connectivity index (χ4n) is 8.55. The lowest BCUT2D eigenvalue weighted by Crippen LogP contribution is -2.30. The van der Waals surface area contributed by atoms with E-state index in [0.29, 0.717) is 39.1 Å². The molecule has 9 aromatic rings. The summed E-state index contributed by atoms with van der Waals surface area (Å²) < 4.78 is 45.2. The molecule has 1 aromatic heterocycles. The van der Waals surface area contributed by atoms with Crippen LogP contribution < -0.4 is 4.90 Å². The van der Waals surface area contributed by atoms with Crippen molar-refractivity contribution in [2.24, 2.45) is 0 Å². The summed E-state index contributed by atoms with van der Waals surface area (Å²) in [7, 11) is 0. The number of imide groups is 1. The van der Waals surface area contributed by atoms with Crippen molar-refractivity contribution in [3.8, 4) is 50.2 Å². The van der Waals surface area contributed by atoms with E-state index in [0.717, 1.165) is 44.6 Å². The average molecular weight is 775 g/mol. The van der Waals surface area contributed by atoms with E-state index in [-0.39, 0.29) is 16.7 Å². The van der Waals surface area contributed by atoms with Crippen LogP contribution in [0.3, 0.4) is 0 Å². The van der Waals surface area contributed by atoms with E-state index in [4.69, 9.17) is 0 Å². The molecule has 59 heavy (non-hydrogen) atoms. The zero-order valence-corrected chi connectivity index (χ0v) is 31.7. The van der Waals surface area contributed by atoms with E-state index >= 15 is 4.79 Å². The minimum atomic E-state index is -4.57. The molecule has 10 rings (SSSR count). The Morgan fingerprint density at radius 2 is 1.03 bits per heavy atom. The highest BCUT2D eigenvalue weighted by Gasteiger charge is 2.42. The van der Waals surface area contributed by atoms with E-state index in [1.807, 2.05) is 138 Å². The van der Waals surface area contributed by atoms with Gasteiger partial charge in [0.2, 0.25) is 0 Å². The molecule has 0 saturated carbocycles. The van der Waals surface area contributed by atoms with Crippen LogP contribution in [0, 0.1) is 6.92 Å². The Balaban J connectivity index is 1.22. The molecule has 0 N–H and O–H groups in total. The quantitative estimate of drug-likeness (QED) is 0.158. The van der Waals surface area contributed by atoms with Crippen molar-refractivity contribution in [3.63, 3.8) is 0 Å². The number of aromatic nitrogens is 1. The Morgan fingerprint density at radius 3 is 1.68 bits per heavy atom. The van der Waals surface area contributed by atoms with Crippen molar-refractivity contribution in [1.82, 2.24) is 4.57 Å². The van der Waals surface area contributed by atoms with Gasteiger partial charge < -0.3 is 4.57 Å². The van der Waals surface area contributed by atoms with Crippen molar-refractivity contribution < 1.29 is 22.8 Å². The SMILES string of the molecule is Cc1ccc(-c2ccc3c4ccccc4n(-c4cccc5c4C(=O)N(c4c(-c6ccccc6)cc(-c6ccccc6)cc4-c4ccccc4)C5=O)c3c2)c(C(F)(F)F)c1. The van der Waals surface area contributed by atoms with Gasteiger partial charge in [0.1, 0.15) is 0 Å². The van der Waals surface area contributed by atoms with Gasteiger partial charge in [-0.25, -0.2) is 4.90 Å². The Hall–Kier alpha value is -7.51. The van der Waals surface area contributed by atoms with E-state index in [2.05, 4.69) is 0 Å². The van der Waals surface area contributed by atoms with Crippen molar-refractivity contribution in [1.29, 1.82) is 0 Å². The molecule has 0 aliphatic carbocycles. The second kappa shape index (κ2) is 13.9. The highest BCUT2D eigenvalue weighted by atomic mass is 19.4. The second-order valence-electron chi connectivity index (χ2n) is 14.8. The highest BCUT2D eigenvalue weighted by Crippen LogP contribution is 2.47. The lowest BCUT2D eigenvalue weighted by Gasteiger charge is -2.24. The van der Waals surface area contributed by atoms with Gasteiger partial charge in [-0.3, -0.25) is 9.59 Å². The second-order valence-corrected chi connectivity index (χ2v) is 14.8. The van der Waals surface area contributed by atoms with Gasteiger partial charge in [-0.15, -0.1) is 0 Å². The first-order valence-corrected chi connectivity index (χ1v) is 19.3. The van der Waals surface area contributed by atoms with E-state index in [1.165, 1.54) is 11.0 Å². The van der Waals surface area contributed by atoms with Crippen LogP contribution in [-0.4, -0.2) is 16.4 Å². The number of alkyl halides is 3. The molecule has 4 nitrogen and oxygen atoms in total. The average Bonchev–Trinajstić information content (AvgIpc) is 3.73. The van der Waals surface area contributed by atoms with Gasteiger partial charge in [-0.05, 0) is 82.8 Å². The molecule has 2 heterocycles. The third-order valence-electron chi connectivity index (χ3n) is 11.2. The number of halogens is 3. The maximum atomic E-state index is 15.4. The smallest absolute Gasteiger partial charge is 0.308 e. The number of hydrogen-bond acceptors (Lipinski definition) is 2. The van der Waals surface area contributed by atoms with Crippen molar-refractivity contribution in [2.45, 2.75) is 13.1 Å². The fourth-order valence-corrected chi connectivity index (χ4v) is 8.55. The van der Waals surface area contributed by atoms with Crippen LogP contribution in [0.15, 0.2) is 182 Å². The molecule has 0 fully saturated rings. The lowest BCUT2D eigenvalue weighted by atomic mass is 9.90. The van der Waals surface area contributed by atoms with Crippen LogP contribution in [0.1, 0.15) is 31.8 Å². The van der Waals surface area contributed by atoms with Gasteiger partial charge in [0.05, 0.1) is 39.1 Å². The molecular formula is C52H33F3N2O2. The molecule has 2 amide bonds. The number of aryl methyl sites for hydroxylation is 1. The summed E-state index contributed by atoms with van der Waals surface area (Å²) in [4.78, 5) is 31.6. The van der Waals surface area contributed by atoms with Crippen LogP contribution in [0.5, 0.6) is 0 Å². The number of rotatable bonds is 6. The summed E-state index contributed by atoms with van der Waals surface area (Å²) in [6, 6.07) is 56.0. The summed E-state index contributed by atoms with van der Waals surface area (Å²) in [6.45, 7) is 1.64. The van der Waals surface area contributed by atoms with Gasteiger partial charge in [-0.2, -0.15) is 13.2 Å². The Morgan fingerprint density at radius 1 is 0.441 bits per heavy atom. The van der Waals surface area contributed by atoms with E-state index in [9.17, 15) is 18.0 Å². The number of anilines is 1. The number of para-hydroxylation sites is 1. The van der Waals surface area contributed by atoms with Gasteiger partial charge >= 0.3 is 6.18 Å². The molecule has 0 bridgehead atoms. The molecule has 8 aromatic carbocycles. The lowest BCUT2D eigenvalue weighted by molar-refractivity contribution is -0.137. The monoisotopic (exact) mass is 774 g/mol. The number of carbonyl (C=O) groups is 2. The van der Waals surface area contributed by atoms with E-state index in [1.54, 1.807) is 43.3 Å². The summed E-state index contributed by atoms with van der Waals surface area (Å²) in [5, 5.41) is 1.65. The van der Waals surface area contributed by atoms with Crippen molar-refractivity contribution >= 4 is 39.3 Å². The first kappa shape index (κ1) is 35.9. The van der Waals surface area contributed by atoms with Gasteiger partial charge in [-0.1, -0.05) is 145 Å². The molecule has 7 heteroatoms. The minimum Gasteiger partial charge on any atom is -0.308 e. The summed E-state index contributed by atoms with van der Waals surface area (Å²) in [5.41, 5.74) is 7.91. The van der Waals surface area contributed by atoms with Crippen LogP contribution in [0.25, 0.3) is 72.0 Å². The van der Waals surface area contributed by atoms with Gasteiger partial charge in [0.15, 0.2) is 0 Å². The molecular weight excluding hydrogens is 742 g/mol. The molecule has 0 saturated heterocycles. The largest absolute Gasteiger partial charge is 0.417 e. The molecule has 1 aliphatic heterocycles. The number of nitrogens with zero attached hydrogens (tertiary/aromatic N) is 2. The zero-order valence-electron chi connectivity index (χ0n) is 31.7. The summed E-state index contributed by atoms with van der Waals surface area (Å²) in [5.74, 6) is -0.966. The first-order chi connectivity index (χ1) is 28.7. The molecule has 0 unspecified atom stereocenters. The summed E-state index contributed by atoms with van der Waals surface area (Å²) in [6.07, 6.45) is -4.57. The fraction of sp³-hybridized carbons (Fsp3) is 0.0385. The van der Waals surface area contributed by atoms with E-state index < -0.39 is 23.6 Å². The third kappa shape index (κ3) is 5.93. The van der Waals surface area contributed by atoms with Crippen LogP contribution in [-0.2, 0) is 6.18 Å². The Bertz CT molecular complexity index is 3070. The number of carbonyl (C=O) groups excluding carboxylic acids is 2. The number of hydrogen-bond donors (Lipinski definition) is 0. The van der Waals surface area contributed by atoms with Crippen LogP contribution in [0.2, 0.25) is 0 Å². The summed E-state index contributed by atoms with van der Waals surface area (Å²) >= 11 is 0. The maximum Gasteiger partial charge on any atom is 0.417 e. The number of benzene rings is 8. The van der Waals surface area contributed by atoms with Crippen LogP contribution in [0.4, 0.5) is 18.9 Å². The molecule has 1 aliphatic rings. The minimum absolute atomic E-state index is 0.0540. The van der Waals surface area contributed by atoms with Gasteiger partial charge in [0.25, 0.3) is 11.8 Å². The van der Waals surface area contributed by atoms with Gasteiger partial charge in [0, 0.05) is 21.9 Å². The normalized spacial score (nSPS) is 12.8. The standard InChI is InChI=1S/C52H33F3N2O2/c1-32-24-26-38(44(28-32)52(53,54)55)36-25-27-40-39-20-11-12-22-45(39)56(47(40)31-36)46-23-13-21-41-48(46)51(59)57(50(41)58)49-42(34-16-7-3-8-17-34)29-37(33-14-5-2-6-15-33)30-43(49)35-18-9-4-10-19-35/h2-31H,1H3. The first-order valence-electron chi connectivity index (χ1n) is 19.3. The maximum absolute atomic E-state index is 15.4. The topological polar surface area (TPSA) is 42.3 Å². The highest BCUT2D eigenvalue weighted by molar-refractivity contribution is 6.37. The van der Waals surface area contributed by atoms with Crippen molar-refractivity contribution in [3.05, 3.63) is 204 Å². The van der Waals surface area contributed by atoms with Crippen molar-refractivity contribution in [2.75, 3.05) is 4.90 Å². The molecule has 0 radical (unpaired) electrons. The Kier molecular flexibility index (Phi) is 8.42. The number of amides is 2. The Labute approximate surface area is 338 Å². The predicted octanol–water partition coefficient (Wildman–Crippen LogP) is 13.6. The van der Waals surface area contributed by atoms with Crippen LogP contribution >= 0.6 is 0 Å².